The summed E-state index contributed by atoms with van der Waals surface area (Å²) < 4.78 is 6.72. The topological polar surface area (TPSA) is 117 Å². The van der Waals surface area contributed by atoms with E-state index in [-0.39, 0.29) is 12.4 Å². The molecule has 2 heterocycles. The predicted molar refractivity (Wildman–Crippen MR) is 118 cm³/mol. The lowest BCUT2D eigenvalue weighted by molar-refractivity contribution is 0.142. The van der Waals surface area contributed by atoms with Crippen molar-refractivity contribution < 1.29 is 19.7 Å². The van der Waals surface area contributed by atoms with E-state index in [1.54, 1.807) is 0 Å². The fourth-order valence-electron chi connectivity index (χ4n) is 4.35. The fourth-order valence-corrected chi connectivity index (χ4v) is 4.35. The van der Waals surface area contributed by atoms with Crippen LogP contribution in [-0.4, -0.2) is 32.0 Å². The standard InChI is InChI=1S/C22H23N3O5.ClH/c1-25-14(10-23-13-5-6-13)7-12-8-16-11(9-17(12)25)3-2-4-15-18(16)24-21(27)20(19(15)26)30-22(28)29;/h7-9,13,23H,2-6,10H2,1H3,(H,28,29)(H2,24,26,27);1H. The Bertz CT molecular complexity index is 1240. The highest BCUT2D eigenvalue weighted by atomic mass is 35.5. The maximum atomic E-state index is 12.4. The summed E-state index contributed by atoms with van der Waals surface area (Å²) in [5.41, 5.74) is 4.55. The number of nitrogens with zero attached hydrogens (tertiary/aromatic N) is 1. The van der Waals surface area contributed by atoms with Crippen LogP contribution in [0.15, 0.2) is 23.0 Å². The van der Waals surface area contributed by atoms with Gasteiger partial charge in [-0.25, -0.2) is 4.79 Å². The molecule has 0 radical (unpaired) electrons. The van der Waals surface area contributed by atoms with Crippen LogP contribution >= 0.6 is 12.4 Å². The Hall–Kier alpha value is -2.97. The molecule has 31 heavy (non-hydrogen) atoms. The molecular weight excluding hydrogens is 422 g/mol. The van der Waals surface area contributed by atoms with E-state index >= 15 is 0 Å². The smallest absolute Gasteiger partial charge is 0.504 e. The number of aryl methyl sites for hydroxylation is 2. The molecule has 0 unspecified atom stereocenters. The van der Waals surface area contributed by atoms with E-state index in [1.807, 2.05) is 6.07 Å². The van der Waals surface area contributed by atoms with Crippen molar-refractivity contribution in [3.63, 3.8) is 0 Å². The van der Waals surface area contributed by atoms with Gasteiger partial charge < -0.3 is 29.8 Å². The van der Waals surface area contributed by atoms with Gasteiger partial charge in [0.2, 0.25) is 5.75 Å². The monoisotopic (exact) mass is 445 g/mol. The zero-order chi connectivity index (χ0) is 21.0. The molecule has 0 bridgehead atoms. The van der Waals surface area contributed by atoms with Gasteiger partial charge in [0, 0.05) is 47.4 Å². The number of carbonyl (C=O) groups is 1. The molecule has 2 aliphatic carbocycles. The van der Waals surface area contributed by atoms with E-state index in [0.717, 1.165) is 41.4 Å². The lowest BCUT2D eigenvalue weighted by Crippen LogP contribution is -2.17. The Balaban J connectivity index is 0.00000231. The number of ether oxygens (including phenoxy) is 1. The molecule has 1 aromatic carbocycles. The second-order valence-corrected chi connectivity index (χ2v) is 8.12. The Labute approximate surface area is 184 Å². The number of aromatic nitrogens is 2. The summed E-state index contributed by atoms with van der Waals surface area (Å²) in [6.45, 7) is 0.810. The molecule has 5 rings (SSSR count). The summed E-state index contributed by atoms with van der Waals surface area (Å²) >= 11 is 0. The van der Waals surface area contributed by atoms with Gasteiger partial charge in [0.05, 0.1) is 5.69 Å². The normalized spacial score (nSPS) is 15.0. The highest BCUT2D eigenvalue weighted by Crippen LogP contribution is 2.40. The summed E-state index contributed by atoms with van der Waals surface area (Å²) in [6.07, 6.45) is 2.90. The van der Waals surface area contributed by atoms with Crippen molar-refractivity contribution in [2.75, 3.05) is 0 Å². The van der Waals surface area contributed by atoms with E-state index in [0.29, 0.717) is 23.7 Å². The van der Waals surface area contributed by atoms with Crippen LogP contribution in [0, 0.1) is 0 Å². The number of aromatic hydroxyl groups is 1. The third-order valence-corrected chi connectivity index (χ3v) is 6.10. The zero-order valence-electron chi connectivity index (χ0n) is 17.0. The Kier molecular flexibility index (Phi) is 5.45. The first-order valence-electron chi connectivity index (χ1n) is 10.2. The van der Waals surface area contributed by atoms with E-state index in [9.17, 15) is 14.7 Å². The predicted octanol–water partition coefficient (Wildman–Crippen LogP) is 3.46. The molecule has 3 aromatic rings. The van der Waals surface area contributed by atoms with E-state index in [2.05, 4.69) is 38.8 Å². The van der Waals surface area contributed by atoms with Gasteiger partial charge in [0.1, 0.15) is 0 Å². The van der Waals surface area contributed by atoms with E-state index < -0.39 is 23.2 Å². The number of rotatable bonds is 4. The summed E-state index contributed by atoms with van der Waals surface area (Å²) in [4.78, 5) is 26.1. The number of benzene rings is 1. The summed E-state index contributed by atoms with van der Waals surface area (Å²) in [6, 6.07) is 6.97. The molecule has 2 aromatic heterocycles. The number of hydrogen-bond donors (Lipinski definition) is 4. The van der Waals surface area contributed by atoms with Gasteiger partial charge >= 0.3 is 6.16 Å². The van der Waals surface area contributed by atoms with Gasteiger partial charge in [-0.05, 0) is 55.9 Å². The van der Waals surface area contributed by atoms with Crippen molar-refractivity contribution >= 4 is 29.5 Å². The largest absolute Gasteiger partial charge is 0.511 e. The van der Waals surface area contributed by atoms with Crippen molar-refractivity contribution in [3.8, 4) is 22.8 Å². The third kappa shape index (κ3) is 3.77. The van der Waals surface area contributed by atoms with E-state index in [4.69, 9.17) is 5.11 Å². The molecule has 0 aliphatic heterocycles. The number of aromatic amines is 1. The SMILES string of the molecule is Cl.Cn1c(CNC2CC2)cc2cc3c(cc21)CCCc1c-3[nH]c(=O)c(OC(=O)O)c1O. The summed E-state index contributed by atoms with van der Waals surface area (Å²) in [5.74, 6) is -0.967. The van der Waals surface area contributed by atoms with Crippen molar-refractivity contribution in [3.05, 3.63) is 45.4 Å². The lowest BCUT2D eigenvalue weighted by Gasteiger charge is -2.13. The molecular formula is C22H24ClN3O5. The molecule has 0 spiro atoms. The molecule has 9 heteroatoms. The number of pyridine rings is 1. The van der Waals surface area contributed by atoms with Crippen LogP contribution in [0.1, 0.15) is 36.1 Å². The van der Waals surface area contributed by atoms with Crippen molar-refractivity contribution in [1.82, 2.24) is 14.9 Å². The molecule has 0 amide bonds. The van der Waals surface area contributed by atoms with Crippen LogP contribution in [0.2, 0.25) is 0 Å². The first kappa shape index (κ1) is 21.3. The average Bonchev–Trinajstić information content (AvgIpc) is 3.50. The molecule has 0 atom stereocenters. The molecule has 2 aliphatic rings. The molecule has 164 valence electrons. The van der Waals surface area contributed by atoms with Crippen LogP contribution in [0.25, 0.3) is 22.2 Å². The minimum atomic E-state index is -1.64. The highest BCUT2D eigenvalue weighted by molar-refractivity contribution is 5.89. The van der Waals surface area contributed by atoms with Crippen LogP contribution < -0.4 is 15.6 Å². The second kappa shape index (κ2) is 7.94. The highest BCUT2D eigenvalue weighted by Gasteiger charge is 2.25. The first-order valence-corrected chi connectivity index (χ1v) is 10.2. The Morgan fingerprint density at radius 3 is 2.77 bits per heavy atom. The number of hydrogen-bond acceptors (Lipinski definition) is 5. The minimum absolute atomic E-state index is 0. The molecule has 1 fully saturated rings. The maximum Gasteiger partial charge on any atom is 0.511 e. The third-order valence-electron chi connectivity index (χ3n) is 6.10. The van der Waals surface area contributed by atoms with Crippen molar-refractivity contribution in [2.45, 2.75) is 44.7 Å². The number of fused-ring (bicyclic) bond motifs is 4. The van der Waals surface area contributed by atoms with Gasteiger partial charge in [-0.2, -0.15) is 0 Å². The van der Waals surface area contributed by atoms with Crippen LogP contribution in [0.3, 0.4) is 0 Å². The average molecular weight is 446 g/mol. The maximum absolute atomic E-state index is 12.4. The molecule has 8 nitrogen and oxygen atoms in total. The Morgan fingerprint density at radius 2 is 2.06 bits per heavy atom. The van der Waals surface area contributed by atoms with Crippen LogP contribution in [0.4, 0.5) is 4.79 Å². The van der Waals surface area contributed by atoms with Crippen LogP contribution in [-0.2, 0) is 26.4 Å². The van der Waals surface area contributed by atoms with Gasteiger partial charge in [-0.3, -0.25) is 4.79 Å². The number of halogens is 1. The second-order valence-electron chi connectivity index (χ2n) is 8.12. The number of H-pyrrole nitrogens is 1. The minimum Gasteiger partial charge on any atom is -0.504 e. The zero-order valence-corrected chi connectivity index (χ0v) is 17.8. The fraction of sp³-hybridized carbons (Fsp3) is 0.364. The molecule has 4 N–H and O–H groups in total. The van der Waals surface area contributed by atoms with Gasteiger partial charge in [-0.15, -0.1) is 12.4 Å². The van der Waals surface area contributed by atoms with Gasteiger partial charge in [0.15, 0.2) is 5.75 Å². The molecule has 1 saturated carbocycles. The van der Waals surface area contributed by atoms with Gasteiger partial charge in [0.25, 0.3) is 5.56 Å². The first-order chi connectivity index (χ1) is 14.4. The van der Waals surface area contributed by atoms with Crippen molar-refractivity contribution in [2.24, 2.45) is 7.05 Å². The lowest BCUT2D eigenvalue weighted by atomic mass is 9.99. The Morgan fingerprint density at radius 1 is 1.29 bits per heavy atom. The number of carboxylic acid groups (broad SMARTS) is 1. The van der Waals surface area contributed by atoms with Crippen LogP contribution in [0.5, 0.6) is 11.5 Å². The molecule has 0 saturated heterocycles. The van der Waals surface area contributed by atoms with Crippen molar-refractivity contribution in [1.29, 1.82) is 0 Å². The number of nitrogens with one attached hydrogen (secondary N) is 2. The van der Waals surface area contributed by atoms with E-state index in [1.165, 1.54) is 18.5 Å². The summed E-state index contributed by atoms with van der Waals surface area (Å²) in [7, 11) is 2.06. The quantitative estimate of drug-likeness (QED) is 0.457. The summed E-state index contributed by atoms with van der Waals surface area (Å²) in [5, 5.41) is 24.1. The van der Waals surface area contributed by atoms with Gasteiger partial charge in [-0.1, -0.05) is 0 Å².